The van der Waals surface area contributed by atoms with Crippen molar-refractivity contribution in [3.05, 3.63) is 11.6 Å². The van der Waals surface area contributed by atoms with Gasteiger partial charge in [-0.05, 0) is 26.7 Å². The molecule has 2 atom stereocenters. The van der Waals surface area contributed by atoms with Crippen molar-refractivity contribution in [2.24, 2.45) is 0 Å². The zero-order chi connectivity index (χ0) is 15.5. The summed E-state index contributed by atoms with van der Waals surface area (Å²) in [6, 6.07) is -2.21. The number of halogens is 3. The molecule has 0 radical (unpaired) electrons. The highest BCUT2D eigenvalue weighted by atomic mass is 19.4. The predicted molar refractivity (Wildman–Crippen MR) is 67.8 cm³/mol. The first-order valence-corrected chi connectivity index (χ1v) is 6.40. The van der Waals surface area contributed by atoms with Crippen molar-refractivity contribution in [3.63, 3.8) is 0 Å². The number of likely N-dealkylation sites (tertiary alicyclic amines) is 1. The minimum absolute atomic E-state index is 0.119. The molecule has 0 unspecified atom stereocenters. The molecule has 20 heavy (non-hydrogen) atoms. The van der Waals surface area contributed by atoms with Crippen LogP contribution in [0.1, 0.15) is 33.6 Å². The summed E-state index contributed by atoms with van der Waals surface area (Å²) in [6.07, 6.45) is -3.25. The number of amides is 2. The number of carbonyl (C=O) groups excluding carboxylic acids is 2. The number of allylic oxidation sites excluding steroid dienone is 1. The average molecular weight is 292 g/mol. The molecule has 114 valence electrons. The van der Waals surface area contributed by atoms with E-state index in [-0.39, 0.29) is 25.3 Å². The largest absolute Gasteiger partial charge is 0.408 e. The molecule has 4 nitrogen and oxygen atoms in total. The number of rotatable bonds is 2. The molecule has 0 aromatic heterocycles. The van der Waals surface area contributed by atoms with Gasteiger partial charge < -0.3 is 10.2 Å². The van der Waals surface area contributed by atoms with Crippen molar-refractivity contribution in [1.29, 1.82) is 0 Å². The van der Waals surface area contributed by atoms with E-state index in [0.29, 0.717) is 5.57 Å². The Hall–Kier alpha value is -1.53. The van der Waals surface area contributed by atoms with Gasteiger partial charge in [-0.3, -0.25) is 9.59 Å². The fourth-order valence-electron chi connectivity index (χ4n) is 2.29. The summed E-state index contributed by atoms with van der Waals surface area (Å²) in [5.74, 6) is -0.975. The Morgan fingerprint density at radius 3 is 2.25 bits per heavy atom. The summed E-state index contributed by atoms with van der Waals surface area (Å²) < 4.78 is 38.9. The molecule has 1 saturated heterocycles. The van der Waals surface area contributed by atoms with Gasteiger partial charge >= 0.3 is 6.18 Å². The summed E-state index contributed by atoms with van der Waals surface area (Å²) in [5, 5.41) is 2.57. The molecule has 7 heteroatoms. The molecule has 0 saturated carbocycles. The lowest BCUT2D eigenvalue weighted by molar-refractivity contribution is -0.195. The molecule has 2 amide bonds. The van der Waals surface area contributed by atoms with E-state index in [0.717, 1.165) is 4.90 Å². The zero-order valence-electron chi connectivity index (χ0n) is 11.8. The van der Waals surface area contributed by atoms with E-state index < -0.39 is 24.2 Å². The lowest BCUT2D eigenvalue weighted by atomic mass is 9.97. The predicted octanol–water partition coefficient (Wildman–Crippen LogP) is 2.01. The second-order valence-electron chi connectivity index (χ2n) is 5.24. The van der Waals surface area contributed by atoms with Crippen LogP contribution in [-0.2, 0) is 9.59 Å². The highest BCUT2D eigenvalue weighted by Gasteiger charge is 2.47. The highest BCUT2D eigenvalue weighted by molar-refractivity contribution is 5.88. The van der Waals surface area contributed by atoms with Crippen molar-refractivity contribution in [2.75, 3.05) is 6.54 Å². The van der Waals surface area contributed by atoms with Gasteiger partial charge in [0.2, 0.25) is 11.8 Å². The molecule has 1 aliphatic heterocycles. The van der Waals surface area contributed by atoms with Crippen LogP contribution < -0.4 is 5.32 Å². The van der Waals surface area contributed by atoms with Gasteiger partial charge in [-0.2, -0.15) is 13.2 Å². The van der Waals surface area contributed by atoms with Crippen LogP contribution in [0, 0.1) is 0 Å². The second-order valence-corrected chi connectivity index (χ2v) is 5.24. The maximum absolute atomic E-state index is 13.0. The first kappa shape index (κ1) is 16.5. The summed E-state index contributed by atoms with van der Waals surface area (Å²) in [6.45, 7) is 4.48. The molecule has 0 spiro atoms. The van der Waals surface area contributed by atoms with Gasteiger partial charge in [0.05, 0.1) is 0 Å². The smallest absolute Gasteiger partial charge is 0.352 e. The number of hydrogen-bond acceptors (Lipinski definition) is 2. The molecule has 1 fully saturated rings. The van der Waals surface area contributed by atoms with E-state index in [9.17, 15) is 22.8 Å². The van der Waals surface area contributed by atoms with E-state index in [1.165, 1.54) is 13.0 Å². The van der Waals surface area contributed by atoms with Crippen LogP contribution in [0.5, 0.6) is 0 Å². The summed E-state index contributed by atoms with van der Waals surface area (Å²) in [7, 11) is 0. The molecule has 1 N–H and O–H groups in total. The monoisotopic (exact) mass is 292 g/mol. The third kappa shape index (κ3) is 4.54. The van der Waals surface area contributed by atoms with Gasteiger partial charge in [-0.15, -0.1) is 0 Å². The first-order chi connectivity index (χ1) is 9.11. The first-order valence-electron chi connectivity index (χ1n) is 6.40. The van der Waals surface area contributed by atoms with E-state index >= 15 is 0 Å². The van der Waals surface area contributed by atoms with Crippen LogP contribution in [0.15, 0.2) is 11.6 Å². The standard InChI is InChI=1S/C13H19F3N2O2/c1-8(2)6-12(20)18-7-10(17-9(3)19)4-5-11(18)13(14,15)16/h6,10-11H,4-5,7H2,1-3H3,(H,17,19)/t10-,11-/m0/s1. The topological polar surface area (TPSA) is 49.4 Å². The molecular formula is C13H19F3N2O2. The van der Waals surface area contributed by atoms with Crippen molar-refractivity contribution in [1.82, 2.24) is 10.2 Å². The van der Waals surface area contributed by atoms with Crippen LogP contribution in [-0.4, -0.2) is 41.5 Å². The minimum Gasteiger partial charge on any atom is -0.352 e. The number of nitrogens with one attached hydrogen (secondary N) is 1. The Balaban J connectivity index is 2.91. The minimum atomic E-state index is -4.45. The fraction of sp³-hybridized carbons (Fsp3) is 0.692. The molecule has 1 aliphatic rings. The molecular weight excluding hydrogens is 273 g/mol. The molecule has 0 aromatic rings. The van der Waals surface area contributed by atoms with Crippen molar-refractivity contribution in [2.45, 2.75) is 51.9 Å². The van der Waals surface area contributed by atoms with Gasteiger partial charge in [0.15, 0.2) is 0 Å². The average Bonchev–Trinajstić information content (AvgIpc) is 2.25. The number of alkyl halides is 3. The van der Waals surface area contributed by atoms with E-state index in [2.05, 4.69) is 5.32 Å². The van der Waals surface area contributed by atoms with Gasteiger partial charge in [0.25, 0.3) is 0 Å². The van der Waals surface area contributed by atoms with E-state index in [1.807, 2.05) is 0 Å². The summed E-state index contributed by atoms with van der Waals surface area (Å²) in [4.78, 5) is 23.7. The Morgan fingerprint density at radius 2 is 1.80 bits per heavy atom. The van der Waals surface area contributed by atoms with Crippen molar-refractivity contribution in [3.8, 4) is 0 Å². The van der Waals surface area contributed by atoms with Crippen LogP contribution in [0.4, 0.5) is 13.2 Å². The molecule has 0 bridgehead atoms. The Morgan fingerprint density at radius 1 is 1.20 bits per heavy atom. The number of hydrogen-bond donors (Lipinski definition) is 1. The number of piperidine rings is 1. The van der Waals surface area contributed by atoms with Crippen LogP contribution in [0.25, 0.3) is 0 Å². The van der Waals surface area contributed by atoms with Gasteiger partial charge in [0.1, 0.15) is 6.04 Å². The Bertz CT molecular complexity index is 414. The lowest BCUT2D eigenvalue weighted by Crippen LogP contribution is -2.57. The van der Waals surface area contributed by atoms with Crippen LogP contribution >= 0.6 is 0 Å². The SMILES string of the molecule is CC(=O)N[C@H]1CC[C@@H](C(F)(F)F)N(C(=O)C=C(C)C)C1. The van der Waals surface area contributed by atoms with Crippen LogP contribution in [0.3, 0.4) is 0 Å². The molecule has 0 aromatic carbocycles. The van der Waals surface area contributed by atoms with Gasteiger partial charge in [-0.25, -0.2) is 0 Å². The molecule has 0 aliphatic carbocycles. The second kappa shape index (κ2) is 6.28. The highest BCUT2D eigenvalue weighted by Crippen LogP contribution is 2.32. The van der Waals surface area contributed by atoms with E-state index in [1.54, 1.807) is 13.8 Å². The van der Waals surface area contributed by atoms with Gasteiger partial charge in [-0.1, -0.05) is 5.57 Å². The molecule has 1 rings (SSSR count). The fourth-order valence-corrected chi connectivity index (χ4v) is 2.29. The normalized spacial score (nSPS) is 23.2. The molecule has 1 heterocycles. The van der Waals surface area contributed by atoms with E-state index in [4.69, 9.17) is 0 Å². The Kier molecular flexibility index (Phi) is 5.19. The van der Waals surface area contributed by atoms with Crippen molar-refractivity contribution >= 4 is 11.8 Å². The van der Waals surface area contributed by atoms with Crippen molar-refractivity contribution < 1.29 is 22.8 Å². The Labute approximate surface area is 116 Å². The maximum atomic E-state index is 13.0. The third-order valence-corrected chi connectivity index (χ3v) is 3.06. The maximum Gasteiger partial charge on any atom is 0.408 e. The number of carbonyl (C=O) groups is 2. The summed E-state index contributed by atoms with van der Waals surface area (Å²) in [5.41, 5.74) is 0.637. The zero-order valence-corrected chi connectivity index (χ0v) is 11.8. The quantitative estimate of drug-likeness (QED) is 0.792. The van der Waals surface area contributed by atoms with Gasteiger partial charge in [0, 0.05) is 25.6 Å². The lowest BCUT2D eigenvalue weighted by Gasteiger charge is -2.40. The third-order valence-electron chi connectivity index (χ3n) is 3.06. The summed E-state index contributed by atoms with van der Waals surface area (Å²) >= 11 is 0. The van der Waals surface area contributed by atoms with Crippen LogP contribution in [0.2, 0.25) is 0 Å². The number of nitrogens with zero attached hydrogens (tertiary/aromatic N) is 1.